The maximum absolute atomic E-state index is 6.05. The average molecular weight is 288 g/mol. The summed E-state index contributed by atoms with van der Waals surface area (Å²) < 4.78 is 5.22. The summed E-state index contributed by atoms with van der Waals surface area (Å²) in [5.41, 5.74) is 2.37. The molecule has 0 amide bonds. The normalized spacial score (nSPS) is 15.7. The van der Waals surface area contributed by atoms with E-state index in [1.807, 2.05) is 30.3 Å². The van der Waals surface area contributed by atoms with Crippen molar-refractivity contribution in [2.24, 2.45) is 5.92 Å². The first-order valence-corrected chi connectivity index (χ1v) is 7.30. The Hall–Kier alpha value is -1.67. The van der Waals surface area contributed by atoms with Gasteiger partial charge in [0.05, 0.1) is 13.2 Å². The molecule has 104 valence electrons. The standard InChI is InChI=1S/C17H18ClNO/c1-20-16-9-7-13(8-10-16)17(12-5-6-12)19-15-4-2-3-14(18)11-15/h2-4,7-12,17,19H,5-6H2,1H3. The molecule has 0 radical (unpaired) electrons. The first-order valence-electron chi connectivity index (χ1n) is 6.92. The fourth-order valence-electron chi connectivity index (χ4n) is 2.47. The van der Waals surface area contributed by atoms with E-state index >= 15 is 0 Å². The summed E-state index contributed by atoms with van der Waals surface area (Å²) in [4.78, 5) is 0. The van der Waals surface area contributed by atoms with Crippen LogP contribution in [0.25, 0.3) is 0 Å². The molecule has 0 bridgehead atoms. The van der Waals surface area contributed by atoms with E-state index in [9.17, 15) is 0 Å². The molecule has 1 aliphatic rings. The summed E-state index contributed by atoms with van der Waals surface area (Å²) in [7, 11) is 1.69. The lowest BCUT2D eigenvalue weighted by molar-refractivity contribution is 0.414. The van der Waals surface area contributed by atoms with Gasteiger partial charge in [0.1, 0.15) is 5.75 Å². The predicted octanol–water partition coefficient (Wildman–Crippen LogP) is 4.91. The second-order valence-corrected chi connectivity index (χ2v) is 5.68. The summed E-state index contributed by atoms with van der Waals surface area (Å²) in [6, 6.07) is 16.6. The fraction of sp³-hybridized carbons (Fsp3) is 0.294. The molecule has 1 unspecified atom stereocenters. The highest BCUT2D eigenvalue weighted by Gasteiger charge is 2.32. The van der Waals surface area contributed by atoms with Crippen molar-refractivity contribution in [1.82, 2.24) is 0 Å². The molecule has 1 atom stereocenters. The van der Waals surface area contributed by atoms with Crippen LogP contribution in [0.1, 0.15) is 24.4 Å². The van der Waals surface area contributed by atoms with Gasteiger partial charge in [0, 0.05) is 10.7 Å². The highest BCUT2D eigenvalue weighted by Crippen LogP contribution is 2.43. The van der Waals surface area contributed by atoms with Crippen LogP contribution in [0.2, 0.25) is 5.02 Å². The highest BCUT2D eigenvalue weighted by molar-refractivity contribution is 6.30. The van der Waals surface area contributed by atoms with Crippen LogP contribution in [-0.2, 0) is 0 Å². The second kappa shape index (κ2) is 5.76. The monoisotopic (exact) mass is 287 g/mol. The third-order valence-corrected chi connectivity index (χ3v) is 3.95. The summed E-state index contributed by atoms with van der Waals surface area (Å²) in [5, 5.41) is 4.37. The smallest absolute Gasteiger partial charge is 0.118 e. The molecule has 2 nitrogen and oxygen atoms in total. The van der Waals surface area contributed by atoms with Crippen LogP contribution < -0.4 is 10.1 Å². The molecule has 0 heterocycles. The zero-order valence-electron chi connectivity index (χ0n) is 11.5. The largest absolute Gasteiger partial charge is 0.497 e. The molecule has 3 rings (SSSR count). The number of anilines is 1. The topological polar surface area (TPSA) is 21.3 Å². The first kappa shape index (κ1) is 13.3. The number of ether oxygens (including phenoxy) is 1. The van der Waals surface area contributed by atoms with E-state index in [0.29, 0.717) is 12.0 Å². The van der Waals surface area contributed by atoms with Crippen molar-refractivity contribution in [3.05, 3.63) is 59.1 Å². The Morgan fingerprint density at radius 2 is 1.90 bits per heavy atom. The van der Waals surface area contributed by atoms with E-state index in [1.165, 1.54) is 18.4 Å². The van der Waals surface area contributed by atoms with Gasteiger partial charge >= 0.3 is 0 Å². The Morgan fingerprint density at radius 3 is 2.50 bits per heavy atom. The quantitative estimate of drug-likeness (QED) is 0.843. The van der Waals surface area contributed by atoms with Gasteiger partial charge in [0.2, 0.25) is 0 Å². The van der Waals surface area contributed by atoms with Gasteiger partial charge in [-0.05, 0) is 54.7 Å². The second-order valence-electron chi connectivity index (χ2n) is 5.24. The predicted molar refractivity (Wildman–Crippen MR) is 83.5 cm³/mol. The lowest BCUT2D eigenvalue weighted by Gasteiger charge is -2.20. The number of rotatable bonds is 5. The van der Waals surface area contributed by atoms with E-state index in [1.54, 1.807) is 7.11 Å². The van der Waals surface area contributed by atoms with Crippen LogP contribution in [0.4, 0.5) is 5.69 Å². The molecule has 0 saturated heterocycles. The van der Waals surface area contributed by atoms with Crippen molar-refractivity contribution >= 4 is 17.3 Å². The molecule has 1 saturated carbocycles. The highest BCUT2D eigenvalue weighted by atomic mass is 35.5. The van der Waals surface area contributed by atoms with Crippen LogP contribution in [-0.4, -0.2) is 7.11 Å². The lowest BCUT2D eigenvalue weighted by atomic mass is 10.0. The Bertz CT molecular complexity index is 578. The minimum Gasteiger partial charge on any atom is -0.497 e. The van der Waals surface area contributed by atoms with E-state index in [2.05, 4.69) is 23.5 Å². The zero-order chi connectivity index (χ0) is 13.9. The van der Waals surface area contributed by atoms with E-state index in [0.717, 1.165) is 16.5 Å². The summed E-state index contributed by atoms with van der Waals surface area (Å²) >= 11 is 6.05. The molecular formula is C17H18ClNO. The van der Waals surface area contributed by atoms with Gasteiger partial charge in [-0.1, -0.05) is 29.8 Å². The molecule has 3 heteroatoms. The molecule has 2 aromatic carbocycles. The van der Waals surface area contributed by atoms with Gasteiger partial charge < -0.3 is 10.1 Å². The van der Waals surface area contributed by atoms with E-state index in [-0.39, 0.29) is 0 Å². The molecule has 2 aromatic rings. The lowest BCUT2D eigenvalue weighted by Crippen LogP contribution is -2.12. The van der Waals surface area contributed by atoms with Gasteiger partial charge in [-0.3, -0.25) is 0 Å². The van der Waals surface area contributed by atoms with Crippen LogP contribution in [0.15, 0.2) is 48.5 Å². The molecule has 0 spiro atoms. The fourth-order valence-corrected chi connectivity index (χ4v) is 2.66. The molecule has 0 aromatic heterocycles. The van der Waals surface area contributed by atoms with Crippen molar-refractivity contribution in [2.45, 2.75) is 18.9 Å². The molecule has 20 heavy (non-hydrogen) atoms. The summed E-state index contributed by atoms with van der Waals surface area (Å²) in [5.74, 6) is 1.61. The summed E-state index contributed by atoms with van der Waals surface area (Å²) in [6.45, 7) is 0. The Labute approximate surface area is 124 Å². The van der Waals surface area contributed by atoms with Crippen LogP contribution in [0.5, 0.6) is 5.75 Å². The van der Waals surface area contributed by atoms with Gasteiger partial charge in [0.25, 0.3) is 0 Å². The molecule has 1 aliphatic carbocycles. The summed E-state index contributed by atoms with van der Waals surface area (Å²) in [6.07, 6.45) is 2.56. The molecule has 1 fully saturated rings. The van der Waals surface area contributed by atoms with Crippen molar-refractivity contribution in [2.75, 3.05) is 12.4 Å². The van der Waals surface area contributed by atoms with Crippen molar-refractivity contribution in [3.63, 3.8) is 0 Å². The Kier molecular flexibility index (Phi) is 3.83. The van der Waals surface area contributed by atoms with E-state index in [4.69, 9.17) is 16.3 Å². The molecule has 1 N–H and O–H groups in total. The van der Waals surface area contributed by atoms with Crippen LogP contribution in [0.3, 0.4) is 0 Å². The third kappa shape index (κ3) is 3.07. The number of halogens is 1. The molecule has 0 aliphatic heterocycles. The average Bonchev–Trinajstić information content (AvgIpc) is 3.30. The van der Waals surface area contributed by atoms with Gasteiger partial charge in [-0.2, -0.15) is 0 Å². The third-order valence-electron chi connectivity index (χ3n) is 3.72. The minimum atomic E-state index is 0.347. The maximum atomic E-state index is 6.05. The van der Waals surface area contributed by atoms with E-state index < -0.39 is 0 Å². The zero-order valence-corrected chi connectivity index (χ0v) is 12.2. The van der Waals surface area contributed by atoms with Crippen molar-refractivity contribution in [3.8, 4) is 5.75 Å². The maximum Gasteiger partial charge on any atom is 0.118 e. The van der Waals surface area contributed by atoms with Gasteiger partial charge in [-0.15, -0.1) is 0 Å². The molecular weight excluding hydrogens is 270 g/mol. The van der Waals surface area contributed by atoms with Gasteiger partial charge in [0.15, 0.2) is 0 Å². The minimum absolute atomic E-state index is 0.347. The number of hydrogen-bond donors (Lipinski definition) is 1. The number of hydrogen-bond acceptors (Lipinski definition) is 2. The Morgan fingerprint density at radius 1 is 1.15 bits per heavy atom. The SMILES string of the molecule is COc1ccc(C(Nc2cccc(Cl)c2)C2CC2)cc1. The number of nitrogens with one attached hydrogen (secondary N) is 1. The Balaban J connectivity index is 1.81. The van der Waals surface area contributed by atoms with Crippen molar-refractivity contribution < 1.29 is 4.74 Å². The van der Waals surface area contributed by atoms with Crippen LogP contribution in [0, 0.1) is 5.92 Å². The number of methoxy groups -OCH3 is 1. The van der Waals surface area contributed by atoms with Gasteiger partial charge in [-0.25, -0.2) is 0 Å². The first-order chi connectivity index (χ1) is 9.76. The van der Waals surface area contributed by atoms with Crippen LogP contribution >= 0.6 is 11.6 Å². The number of benzene rings is 2. The van der Waals surface area contributed by atoms with Crippen molar-refractivity contribution in [1.29, 1.82) is 0 Å².